The van der Waals surface area contributed by atoms with E-state index in [1.54, 1.807) is 18.2 Å². The van der Waals surface area contributed by atoms with Gasteiger partial charge in [0.15, 0.2) is 0 Å². The molecule has 1 aliphatic heterocycles. The van der Waals surface area contributed by atoms with Gasteiger partial charge in [0.1, 0.15) is 5.03 Å². The smallest absolute Gasteiger partial charge is 0.241 e. The summed E-state index contributed by atoms with van der Waals surface area (Å²) in [6, 6.07) is 3.73. The number of aromatic nitrogens is 1. The number of fused-ring (bicyclic) bond motifs is 1. The van der Waals surface area contributed by atoms with Crippen LogP contribution < -0.4 is 10.2 Å². The molecule has 2 amide bonds. The summed E-state index contributed by atoms with van der Waals surface area (Å²) in [5.74, 6) is -0.159. The molecule has 0 aliphatic carbocycles. The molecular formula is C15H21N3O3S. The predicted molar refractivity (Wildman–Crippen MR) is 86.0 cm³/mol. The zero-order chi connectivity index (χ0) is 15.9. The zero-order valence-corrected chi connectivity index (χ0v) is 13.7. The Morgan fingerprint density at radius 2 is 2.36 bits per heavy atom. The van der Waals surface area contributed by atoms with E-state index in [-0.39, 0.29) is 18.2 Å². The molecule has 0 radical (unpaired) electrons. The molecule has 2 heterocycles. The first-order valence-corrected chi connectivity index (χ1v) is 8.24. The van der Waals surface area contributed by atoms with Gasteiger partial charge in [0.25, 0.3) is 0 Å². The number of nitrogens with zero attached hydrogens (tertiary/aromatic N) is 2. The number of thioether (sulfide) groups is 1. The van der Waals surface area contributed by atoms with E-state index in [9.17, 15) is 9.59 Å². The molecule has 0 bridgehead atoms. The summed E-state index contributed by atoms with van der Waals surface area (Å²) in [4.78, 5) is 30.6. The number of amides is 2. The third-order valence-electron chi connectivity index (χ3n) is 3.28. The Kier molecular flexibility index (Phi) is 6.21. The second-order valence-corrected chi connectivity index (χ2v) is 6.16. The molecule has 0 saturated heterocycles. The minimum absolute atomic E-state index is 0.0192. The monoisotopic (exact) mass is 323 g/mol. The first-order valence-electron chi connectivity index (χ1n) is 7.36. The van der Waals surface area contributed by atoms with Gasteiger partial charge in [-0.1, -0.05) is 18.7 Å². The van der Waals surface area contributed by atoms with Gasteiger partial charge >= 0.3 is 0 Å². The summed E-state index contributed by atoms with van der Waals surface area (Å²) in [7, 11) is 1.58. The Balaban J connectivity index is 2.07. The summed E-state index contributed by atoms with van der Waals surface area (Å²) < 4.78 is 4.89. The van der Waals surface area contributed by atoms with Gasteiger partial charge in [-0.3, -0.25) is 9.59 Å². The van der Waals surface area contributed by atoms with Gasteiger partial charge in [0.05, 0.1) is 17.5 Å². The topological polar surface area (TPSA) is 71.5 Å². The van der Waals surface area contributed by atoms with Crippen LogP contribution in [0, 0.1) is 0 Å². The van der Waals surface area contributed by atoms with Crippen LogP contribution in [0.2, 0.25) is 0 Å². The number of nitrogens with one attached hydrogen (secondary N) is 1. The van der Waals surface area contributed by atoms with Crippen LogP contribution in [-0.4, -0.2) is 48.9 Å². The molecule has 1 aromatic rings. The molecule has 1 unspecified atom stereocenters. The van der Waals surface area contributed by atoms with Gasteiger partial charge in [0, 0.05) is 32.8 Å². The zero-order valence-electron chi connectivity index (χ0n) is 12.9. The largest absolute Gasteiger partial charge is 0.383 e. The fourth-order valence-electron chi connectivity index (χ4n) is 2.27. The Labute approximate surface area is 134 Å². The summed E-state index contributed by atoms with van der Waals surface area (Å²) in [5.41, 5.74) is 0.843. The molecule has 0 spiro atoms. The molecule has 2 rings (SSSR count). The molecule has 0 fully saturated rings. The van der Waals surface area contributed by atoms with Gasteiger partial charge in [-0.2, -0.15) is 0 Å². The second kappa shape index (κ2) is 8.14. The fourth-order valence-corrected chi connectivity index (χ4v) is 3.43. The number of methoxy groups -OCH3 is 1. The van der Waals surface area contributed by atoms with E-state index in [2.05, 4.69) is 10.3 Å². The van der Waals surface area contributed by atoms with E-state index in [0.717, 1.165) is 17.1 Å². The molecule has 0 saturated carbocycles. The first-order chi connectivity index (χ1) is 10.7. The SMILES string of the molecule is CCCN1C(=O)C(CC(=O)NCCOC)Sc2ncccc21. The van der Waals surface area contributed by atoms with E-state index < -0.39 is 5.25 Å². The third kappa shape index (κ3) is 3.98. The van der Waals surface area contributed by atoms with Crippen molar-refractivity contribution < 1.29 is 14.3 Å². The van der Waals surface area contributed by atoms with Crippen molar-refractivity contribution in [3.8, 4) is 0 Å². The lowest BCUT2D eigenvalue weighted by Gasteiger charge is -2.32. The van der Waals surface area contributed by atoms with Gasteiger partial charge in [-0.25, -0.2) is 4.98 Å². The lowest BCUT2D eigenvalue weighted by atomic mass is 10.2. The average Bonchev–Trinajstić information content (AvgIpc) is 2.51. The first kappa shape index (κ1) is 16.8. The summed E-state index contributed by atoms with van der Waals surface area (Å²) in [5, 5.41) is 3.14. The number of hydrogen-bond acceptors (Lipinski definition) is 5. The van der Waals surface area contributed by atoms with Crippen molar-refractivity contribution in [3.05, 3.63) is 18.3 Å². The number of anilines is 1. The third-order valence-corrected chi connectivity index (χ3v) is 4.47. The van der Waals surface area contributed by atoms with Crippen LogP contribution >= 0.6 is 11.8 Å². The highest BCUT2D eigenvalue weighted by Gasteiger charge is 2.35. The predicted octanol–water partition coefficient (Wildman–Crippen LogP) is 1.45. The molecule has 22 heavy (non-hydrogen) atoms. The van der Waals surface area contributed by atoms with E-state index >= 15 is 0 Å². The van der Waals surface area contributed by atoms with Crippen molar-refractivity contribution in [3.63, 3.8) is 0 Å². The number of carbonyl (C=O) groups is 2. The van der Waals surface area contributed by atoms with E-state index in [1.165, 1.54) is 11.8 Å². The van der Waals surface area contributed by atoms with Gasteiger partial charge < -0.3 is 15.0 Å². The average molecular weight is 323 g/mol. The molecular weight excluding hydrogens is 302 g/mol. The number of hydrogen-bond donors (Lipinski definition) is 1. The van der Waals surface area contributed by atoms with E-state index in [4.69, 9.17) is 4.74 Å². The van der Waals surface area contributed by atoms with E-state index in [0.29, 0.717) is 19.7 Å². The van der Waals surface area contributed by atoms with Crippen molar-refractivity contribution in [2.45, 2.75) is 30.0 Å². The van der Waals surface area contributed by atoms with Gasteiger partial charge in [0.2, 0.25) is 11.8 Å². The summed E-state index contributed by atoms with van der Waals surface area (Å²) in [6.07, 6.45) is 2.72. The van der Waals surface area contributed by atoms with Crippen molar-refractivity contribution in [1.82, 2.24) is 10.3 Å². The number of rotatable bonds is 7. The normalized spacial score (nSPS) is 17.3. The number of ether oxygens (including phenoxy) is 1. The fraction of sp³-hybridized carbons (Fsp3) is 0.533. The lowest BCUT2D eigenvalue weighted by Crippen LogP contribution is -2.43. The minimum Gasteiger partial charge on any atom is -0.383 e. The van der Waals surface area contributed by atoms with Crippen LogP contribution in [0.1, 0.15) is 19.8 Å². The lowest BCUT2D eigenvalue weighted by molar-refractivity contribution is -0.125. The molecule has 1 atom stereocenters. The number of pyridine rings is 1. The molecule has 0 aromatic carbocycles. The second-order valence-electron chi connectivity index (χ2n) is 4.97. The Hall–Kier alpha value is -1.60. The van der Waals surface area contributed by atoms with Crippen molar-refractivity contribution in [1.29, 1.82) is 0 Å². The molecule has 120 valence electrons. The maximum atomic E-state index is 12.6. The molecule has 1 aliphatic rings. The van der Waals surface area contributed by atoms with Crippen LogP contribution in [0.4, 0.5) is 5.69 Å². The summed E-state index contributed by atoms with van der Waals surface area (Å²) in [6.45, 7) is 3.58. The van der Waals surface area contributed by atoms with Crippen LogP contribution in [-0.2, 0) is 14.3 Å². The van der Waals surface area contributed by atoms with Gasteiger partial charge in [-0.05, 0) is 18.6 Å². The highest BCUT2D eigenvalue weighted by molar-refractivity contribution is 8.00. The standard InChI is InChI=1S/C15H21N3O3S/c1-3-8-18-11-5-4-6-17-14(11)22-12(15(18)20)10-13(19)16-7-9-21-2/h4-6,12H,3,7-10H2,1-2H3,(H,16,19). The van der Waals surface area contributed by atoms with Crippen molar-refractivity contribution >= 4 is 29.3 Å². The highest BCUT2D eigenvalue weighted by Crippen LogP contribution is 2.38. The van der Waals surface area contributed by atoms with Crippen molar-refractivity contribution in [2.75, 3.05) is 31.7 Å². The quantitative estimate of drug-likeness (QED) is 0.769. The Morgan fingerprint density at radius 1 is 1.55 bits per heavy atom. The number of carbonyl (C=O) groups excluding carboxylic acids is 2. The van der Waals surface area contributed by atoms with Crippen LogP contribution in [0.15, 0.2) is 23.4 Å². The summed E-state index contributed by atoms with van der Waals surface area (Å²) >= 11 is 1.37. The Morgan fingerprint density at radius 3 is 3.09 bits per heavy atom. The highest BCUT2D eigenvalue weighted by atomic mass is 32.2. The van der Waals surface area contributed by atoms with Gasteiger partial charge in [-0.15, -0.1) is 0 Å². The Bertz CT molecular complexity index is 539. The minimum atomic E-state index is -0.420. The maximum Gasteiger partial charge on any atom is 0.241 e. The molecule has 7 heteroatoms. The van der Waals surface area contributed by atoms with Crippen LogP contribution in [0.25, 0.3) is 0 Å². The molecule has 1 aromatic heterocycles. The van der Waals surface area contributed by atoms with Crippen LogP contribution in [0.3, 0.4) is 0 Å². The maximum absolute atomic E-state index is 12.6. The van der Waals surface area contributed by atoms with E-state index in [1.807, 2.05) is 19.1 Å². The van der Waals surface area contributed by atoms with Crippen LogP contribution in [0.5, 0.6) is 0 Å². The van der Waals surface area contributed by atoms with Crippen molar-refractivity contribution in [2.24, 2.45) is 0 Å². The molecule has 6 nitrogen and oxygen atoms in total. The molecule has 1 N–H and O–H groups in total.